The molecule has 5 heteroatoms. The van der Waals surface area contributed by atoms with E-state index >= 15 is 0 Å². The molecule has 0 bridgehead atoms. The molecule has 3 N–H and O–H groups in total. The number of nitrogens with zero attached hydrogens (tertiary/aromatic N) is 1. The van der Waals surface area contributed by atoms with Crippen molar-refractivity contribution in [3.05, 3.63) is 0 Å². The molecule has 1 fully saturated rings. The molecule has 1 amide bonds. The second-order valence-electron chi connectivity index (χ2n) is 4.45. The van der Waals surface area contributed by atoms with Crippen LogP contribution >= 0.6 is 0 Å². The van der Waals surface area contributed by atoms with E-state index in [4.69, 9.17) is 15.6 Å². The van der Waals surface area contributed by atoms with Crippen LogP contribution < -0.4 is 5.73 Å². The number of morpholine rings is 1. The molecule has 1 atom stereocenters. The van der Waals surface area contributed by atoms with Crippen LogP contribution in [0.25, 0.3) is 0 Å². The Labute approximate surface area is 103 Å². The molecule has 1 rings (SSSR count). The molecule has 0 radical (unpaired) electrons. The number of carbonyl (C=O) groups excluding carboxylic acids is 1. The highest BCUT2D eigenvalue weighted by atomic mass is 16.5. The summed E-state index contributed by atoms with van der Waals surface area (Å²) in [7, 11) is 0. The van der Waals surface area contributed by atoms with Crippen molar-refractivity contribution in [2.45, 2.75) is 38.1 Å². The smallest absolute Gasteiger partial charge is 0.223 e. The summed E-state index contributed by atoms with van der Waals surface area (Å²) >= 11 is 0. The van der Waals surface area contributed by atoms with Gasteiger partial charge in [-0.3, -0.25) is 4.79 Å². The molecule has 17 heavy (non-hydrogen) atoms. The molecule has 1 aliphatic heterocycles. The predicted octanol–water partition coefficient (Wildman–Crippen LogP) is 0.115. The normalized spacial score (nSPS) is 20.6. The number of amides is 1. The summed E-state index contributed by atoms with van der Waals surface area (Å²) in [6, 6.07) is -0.153. The van der Waals surface area contributed by atoms with Crippen molar-refractivity contribution >= 4 is 5.91 Å². The lowest BCUT2D eigenvalue weighted by molar-refractivity contribution is -0.141. The summed E-state index contributed by atoms with van der Waals surface area (Å²) in [5, 5.41) is 9.16. The number of nitrogens with two attached hydrogens (primary N) is 1. The van der Waals surface area contributed by atoms with Gasteiger partial charge in [0.1, 0.15) is 0 Å². The second-order valence-corrected chi connectivity index (χ2v) is 4.45. The Morgan fingerprint density at radius 2 is 2.12 bits per heavy atom. The molecule has 100 valence electrons. The quantitative estimate of drug-likeness (QED) is 0.624. The summed E-state index contributed by atoms with van der Waals surface area (Å²) in [6.07, 6.45) is 4.66. The van der Waals surface area contributed by atoms with E-state index in [2.05, 4.69) is 0 Å². The summed E-state index contributed by atoms with van der Waals surface area (Å²) in [5.41, 5.74) is 5.41. The van der Waals surface area contributed by atoms with E-state index in [1.54, 1.807) is 4.90 Å². The lowest BCUT2D eigenvalue weighted by Gasteiger charge is -2.34. The number of unbranched alkanes of at least 4 members (excludes halogenated alkanes) is 3. The van der Waals surface area contributed by atoms with E-state index in [0.29, 0.717) is 26.2 Å². The van der Waals surface area contributed by atoms with Gasteiger partial charge < -0.3 is 20.5 Å². The number of hydrogen-bond donors (Lipinski definition) is 2. The van der Waals surface area contributed by atoms with E-state index in [1.807, 2.05) is 0 Å². The predicted molar refractivity (Wildman–Crippen MR) is 65.5 cm³/mol. The first-order valence-electron chi connectivity index (χ1n) is 6.47. The van der Waals surface area contributed by atoms with Gasteiger partial charge in [-0.2, -0.15) is 0 Å². The highest BCUT2D eigenvalue weighted by Crippen LogP contribution is 2.11. The second kappa shape index (κ2) is 8.44. The van der Waals surface area contributed by atoms with E-state index < -0.39 is 0 Å². The monoisotopic (exact) mass is 244 g/mol. The van der Waals surface area contributed by atoms with Crippen LogP contribution in [0.2, 0.25) is 0 Å². The summed E-state index contributed by atoms with van der Waals surface area (Å²) in [5.74, 6) is 0.139. The van der Waals surface area contributed by atoms with Gasteiger partial charge in [0.2, 0.25) is 5.91 Å². The van der Waals surface area contributed by atoms with Gasteiger partial charge in [0.25, 0.3) is 0 Å². The fourth-order valence-corrected chi connectivity index (χ4v) is 2.05. The van der Waals surface area contributed by atoms with Gasteiger partial charge in [0, 0.05) is 13.0 Å². The van der Waals surface area contributed by atoms with Crippen molar-refractivity contribution in [3.8, 4) is 0 Å². The fourth-order valence-electron chi connectivity index (χ4n) is 2.05. The third-order valence-corrected chi connectivity index (χ3v) is 3.10. The Morgan fingerprint density at radius 3 is 2.82 bits per heavy atom. The minimum atomic E-state index is -0.153. The van der Waals surface area contributed by atoms with Gasteiger partial charge >= 0.3 is 0 Å². The van der Waals surface area contributed by atoms with Gasteiger partial charge in [0.05, 0.1) is 25.9 Å². The van der Waals surface area contributed by atoms with Crippen molar-refractivity contribution in [1.82, 2.24) is 4.90 Å². The largest absolute Gasteiger partial charge is 0.394 e. The number of aliphatic hydroxyl groups excluding tert-OH is 1. The fraction of sp³-hybridized carbons (Fsp3) is 0.917. The van der Waals surface area contributed by atoms with Crippen LogP contribution in [-0.4, -0.2) is 54.9 Å². The van der Waals surface area contributed by atoms with Crippen LogP contribution in [0.1, 0.15) is 32.1 Å². The zero-order chi connectivity index (χ0) is 12.5. The number of rotatable bonds is 7. The molecule has 0 aromatic heterocycles. The Morgan fingerprint density at radius 1 is 1.35 bits per heavy atom. The van der Waals surface area contributed by atoms with Gasteiger partial charge in [-0.15, -0.1) is 0 Å². The molecule has 1 saturated heterocycles. The highest BCUT2D eigenvalue weighted by molar-refractivity contribution is 5.76. The summed E-state index contributed by atoms with van der Waals surface area (Å²) < 4.78 is 5.24. The zero-order valence-electron chi connectivity index (χ0n) is 10.4. The van der Waals surface area contributed by atoms with Crippen LogP contribution in [0.15, 0.2) is 0 Å². The van der Waals surface area contributed by atoms with Crippen LogP contribution in [0.4, 0.5) is 0 Å². The topological polar surface area (TPSA) is 75.8 Å². The standard InChI is InChI=1S/C12H24N2O3/c13-6-4-2-1-3-5-12(16)14-7-8-17-10-11(14)9-15/h11,15H,1-10,13H2. The Hall–Kier alpha value is -0.650. The average molecular weight is 244 g/mol. The third-order valence-electron chi connectivity index (χ3n) is 3.10. The maximum Gasteiger partial charge on any atom is 0.223 e. The van der Waals surface area contributed by atoms with Gasteiger partial charge in [-0.1, -0.05) is 12.8 Å². The Kier molecular flexibility index (Phi) is 7.16. The Balaban J connectivity index is 2.20. The molecular formula is C12H24N2O3. The molecule has 1 heterocycles. The lowest BCUT2D eigenvalue weighted by atomic mass is 10.1. The Bertz CT molecular complexity index is 224. The average Bonchev–Trinajstić information content (AvgIpc) is 2.38. The van der Waals surface area contributed by atoms with Crippen molar-refractivity contribution in [2.75, 3.05) is 32.9 Å². The SMILES string of the molecule is NCCCCCCC(=O)N1CCOCC1CO. The van der Waals surface area contributed by atoms with Crippen molar-refractivity contribution < 1.29 is 14.6 Å². The molecule has 0 saturated carbocycles. The molecule has 0 aliphatic carbocycles. The minimum Gasteiger partial charge on any atom is -0.394 e. The molecule has 0 aromatic carbocycles. The van der Waals surface area contributed by atoms with Gasteiger partial charge in [-0.25, -0.2) is 0 Å². The zero-order valence-corrected chi connectivity index (χ0v) is 10.4. The van der Waals surface area contributed by atoms with Gasteiger partial charge in [0.15, 0.2) is 0 Å². The molecule has 1 unspecified atom stereocenters. The van der Waals surface area contributed by atoms with E-state index in [9.17, 15) is 4.79 Å². The first-order valence-corrected chi connectivity index (χ1v) is 6.47. The minimum absolute atomic E-state index is 0.0150. The van der Waals surface area contributed by atoms with Crippen LogP contribution in [0, 0.1) is 0 Å². The van der Waals surface area contributed by atoms with E-state index in [-0.39, 0.29) is 18.6 Å². The first kappa shape index (κ1) is 14.4. The number of ether oxygens (including phenoxy) is 1. The van der Waals surface area contributed by atoms with Crippen molar-refractivity contribution in [3.63, 3.8) is 0 Å². The van der Waals surface area contributed by atoms with Crippen LogP contribution in [-0.2, 0) is 9.53 Å². The van der Waals surface area contributed by atoms with Gasteiger partial charge in [-0.05, 0) is 19.4 Å². The number of aliphatic hydroxyl groups is 1. The summed E-state index contributed by atoms with van der Waals surface area (Å²) in [6.45, 7) is 2.35. The van der Waals surface area contributed by atoms with Crippen LogP contribution in [0.3, 0.4) is 0 Å². The molecular weight excluding hydrogens is 220 g/mol. The molecule has 0 spiro atoms. The maximum atomic E-state index is 11.9. The van der Waals surface area contributed by atoms with E-state index in [1.165, 1.54) is 0 Å². The van der Waals surface area contributed by atoms with E-state index in [0.717, 1.165) is 32.2 Å². The number of hydrogen-bond acceptors (Lipinski definition) is 4. The molecule has 5 nitrogen and oxygen atoms in total. The highest BCUT2D eigenvalue weighted by Gasteiger charge is 2.25. The van der Waals surface area contributed by atoms with Crippen LogP contribution in [0.5, 0.6) is 0 Å². The lowest BCUT2D eigenvalue weighted by Crippen LogP contribution is -2.50. The van der Waals surface area contributed by atoms with Crippen molar-refractivity contribution in [2.24, 2.45) is 5.73 Å². The molecule has 0 aromatic rings. The molecule has 1 aliphatic rings. The van der Waals surface area contributed by atoms with Crippen molar-refractivity contribution in [1.29, 1.82) is 0 Å². The summed E-state index contributed by atoms with van der Waals surface area (Å²) in [4.78, 5) is 13.7. The number of carbonyl (C=O) groups is 1. The third kappa shape index (κ3) is 5.02. The first-order chi connectivity index (χ1) is 8.29. The maximum absolute atomic E-state index is 11.9.